The Morgan fingerprint density at radius 3 is 2.26 bits per heavy atom. The predicted octanol–water partition coefficient (Wildman–Crippen LogP) is 6.30. The van der Waals surface area contributed by atoms with Gasteiger partial charge in [0.15, 0.2) is 5.65 Å². The molecule has 1 fully saturated rings. The van der Waals surface area contributed by atoms with Gasteiger partial charge in [-0.2, -0.15) is 18.2 Å². The fourth-order valence-electron chi connectivity index (χ4n) is 3.93. The molecule has 0 spiro atoms. The van der Waals surface area contributed by atoms with Crippen molar-refractivity contribution < 1.29 is 13.2 Å². The van der Waals surface area contributed by atoms with Gasteiger partial charge in [0.2, 0.25) is 11.9 Å². The number of halogens is 3. The van der Waals surface area contributed by atoms with Crippen molar-refractivity contribution in [3.05, 3.63) is 36.0 Å². The van der Waals surface area contributed by atoms with Gasteiger partial charge in [0.25, 0.3) is 0 Å². The zero-order chi connectivity index (χ0) is 22.2. The van der Waals surface area contributed by atoms with Gasteiger partial charge in [-0.25, -0.2) is 9.97 Å². The summed E-state index contributed by atoms with van der Waals surface area (Å²) in [5.74, 6) is 1.10. The molecule has 9 heteroatoms. The van der Waals surface area contributed by atoms with Crippen molar-refractivity contribution in [3.8, 4) is 0 Å². The molecule has 1 saturated carbocycles. The molecule has 1 aliphatic carbocycles. The zero-order valence-corrected chi connectivity index (χ0v) is 17.9. The second-order valence-electron chi connectivity index (χ2n) is 9.07. The summed E-state index contributed by atoms with van der Waals surface area (Å²) in [4.78, 5) is 13.8. The molecule has 2 aromatic heterocycles. The lowest BCUT2D eigenvalue weighted by molar-refractivity contribution is -0.137. The van der Waals surface area contributed by atoms with Crippen molar-refractivity contribution >= 4 is 28.7 Å². The van der Waals surface area contributed by atoms with Crippen LogP contribution >= 0.6 is 0 Å². The van der Waals surface area contributed by atoms with Crippen LogP contribution in [-0.4, -0.2) is 25.1 Å². The summed E-state index contributed by atoms with van der Waals surface area (Å²) >= 11 is 0. The highest BCUT2D eigenvalue weighted by Crippen LogP contribution is 2.35. The number of benzene rings is 1. The molecule has 0 saturated heterocycles. The fraction of sp³-hybridized carbons (Fsp3) is 0.500. The van der Waals surface area contributed by atoms with E-state index in [1.807, 2.05) is 20.8 Å². The molecule has 0 amide bonds. The summed E-state index contributed by atoms with van der Waals surface area (Å²) in [6, 6.07) is 5.22. The topological polar surface area (TPSA) is 67.7 Å². The molecule has 0 radical (unpaired) electrons. The number of anilines is 3. The number of nitrogens with one attached hydrogen (secondary N) is 2. The van der Waals surface area contributed by atoms with Gasteiger partial charge in [0, 0.05) is 17.3 Å². The summed E-state index contributed by atoms with van der Waals surface area (Å²) < 4.78 is 40.8. The van der Waals surface area contributed by atoms with Crippen LogP contribution in [0.4, 0.5) is 30.8 Å². The van der Waals surface area contributed by atoms with E-state index in [1.54, 1.807) is 6.20 Å². The van der Waals surface area contributed by atoms with Gasteiger partial charge < -0.3 is 10.6 Å². The van der Waals surface area contributed by atoms with E-state index in [1.165, 1.54) is 18.6 Å². The largest absolute Gasteiger partial charge is 0.416 e. The summed E-state index contributed by atoms with van der Waals surface area (Å²) in [6.45, 7) is 6.11. The third-order valence-corrected chi connectivity index (χ3v) is 5.33. The van der Waals surface area contributed by atoms with Crippen molar-refractivity contribution in [2.45, 2.75) is 70.6 Å². The van der Waals surface area contributed by atoms with E-state index in [0.717, 1.165) is 43.5 Å². The smallest absolute Gasteiger partial charge is 0.350 e. The first kappa shape index (κ1) is 21.4. The highest BCUT2D eigenvalue weighted by Gasteiger charge is 2.30. The van der Waals surface area contributed by atoms with Gasteiger partial charge in [-0.3, -0.25) is 4.57 Å². The molecule has 0 aliphatic heterocycles. The van der Waals surface area contributed by atoms with Crippen LogP contribution in [0.5, 0.6) is 0 Å². The van der Waals surface area contributed by atoms with Crippen LogP contribution in [0.25, 0.3) is 11.2 Å². The molecule has 1 aliphatic rings. The first-order valence-corrected chi connectivity index (χ1v) is 10.6. The van der Waals surface area contributed by atoms with Crippen LogP contribution in [0.1, 0.15) is 64.5 Å². The van der Waals surface area contributed by atoms with Gasteiger partial charge in [0.05, 0.1) is 11.8 Å². The first-order valence-electron chi connectivity index (χ1n) is 10.6. The van der Waals surface area contributed by atoms with Gasteiger partial charge in [-0.15, -0.1) is 0 Å². The van der Waals surface area contributed by atoms with Gasteiger partial charge in [0.1, 0.15) is 5.52 Å². The minimum Gasteiger partial charge on any atom is -0.350 e. The van der Waals surface area contributed by atoms with E-state index in [-0.39, 0.29) is 11.6 Å². The third kappa shape index (κ3) is 4.91. The average Bonchev–Trinajstić information content (AvgIpc) is 3.04. The Morgan fingerprint density at radius 1 is 0.968 bits per heavy atom. The maximum atomic E-state index is 12.9. The highest BCUT2D eigenvalue weighted by molar-refractivity contribution is 5.76. The lowest BCUT2D eigenvalue weighted by Crippen LogP contribution is -2.27. The minimum absolute atomic E-state index is 0.190. The maximum Gasteiger partial charge on any atom is 0.416 e. The molecule has 4 rings (SSSR count). The van der Waals surface area contributed by atoms with Crippen molar-refractivity contribution in [2.75, 3.05) is 10.6 Å². The molecule has 0 unspecified atom stereocenters. The second-order valence-corrected chi connectivity index (χ2v) is 9.07. The van der Waals surface area contributed by atoms with Crippen LogP contribution < -0.4 is 10.6 Å². The molecule has 166 valence electrons. The van der Waals surface area contributed by atoms with Crippen molar-refractivity contribution in [1.82, 2.24) is 19.5 Å². The number of hydrogen-bond donors (Lipinski definition) is 2. The van der Waals surface area contributed by atoms with E-state index in [2.05, 4.69) is 25.2 Å². The zero-order valence-electron chi connectivity index (χ0n) is 17.9. The molecular formula is C22H27F3N6. The van der Waals surface area contributed by atoms with E-state index >= 15 is 0 Å². The Balaban J connectivity index is 1.72. The van der Waals surface area contributed by atoms with E-state index in [4.69, 9.17) is 4.98 Å². The maximum absolute atomic E-state index is 12.9. The molecule has 2 N–H and O–H groups in total. The van der Waals surface area contributed by atoms with Crippen LogP contribution in [0, 0.1) is 0 Å². The van der Waals surface area contributed by atoms with Crippen molar-refractivity contribution in [2.24, 2.45) is 0 Å². The second kappa shape index (κ2) is 8.01. The predicted molar refractivity (Wildman–Crippen MR) is 116 cm³/mol. The van der Waals surface area contributed by atoms with E-state index < -0.39 is 11.7 Å². The summed E-state index contributed by atoms with van der Waals surface area (Å²) in [5.41, 5.74) is 1.05. The van der Waals surface area contributed by atoms with Crippen molar-refractivity contribution in [1.29, 1.82) is 0 Å². The highest BCUT2D eigenvalue weighted by atomic mass is 19.4. The van der Waals surface area contributed by atoms with Gasteiger partial charge in [-0.05, 0) is 57.9 Å². The summed E-state index contributed by atoms with van der Waals surface area (Å²) in [7, 11) is 0. The Morgan fingerprint density at radius 2 is 1.65 bits per heavy atom. The number of alkyl halides is 3. The van der Waals surface area contributed by atoms with E-state index in [0.29, 0.717) is 23.1 Å². The Kier molecular flexibility index (Phi) is 5.53. The van der Waals surface area contributed by atoms with Crippen LogP contribution in [0.2, 0.25) is 0 Å². The monoisotopic (exact) mass is 432 g/mol. The normalized spacial score (nSPS) is 15.9. The fourth-order valence-corrected chi connectivity index (χ4v) is 3.93. The van der Waals surface area contributed by atoms with Crippen molar-refractivity contribution in [3.63, 3.8) is 0 Å². The SMILES string of the molecule is CC(C)(C)Nc1ncc2nc(Nc3ccc(C(F)(F)F)cc3)n(C3CCCCC3)c2n1. The summed E-state index contributed by atoms with van der Waals surface area (Å²) in [6.07, 6.45) is 2.81. The minimum atomic E-state index is -4.36. The standard InChI is InChI=1S/C22H27F3N6/c1-21(2,3)30-19-26-13-17-18(29-19)31(16-7-5-4-6-8-16)20(28-17)27-15-11-9-14(10-12-15)22(23,24)25/h9-13,16H,4-8H2,1-3H3,(H,27,28)(H,26,29,30). The molecule has 31 heavy (non-hydrogen) atoms. The number of aromatic nitrogens is 4. The molecule has 1 aromatic carbocycles. The number of hydrogen-bond acceptors (Lipinski definition) is 5. The molecular weight excluding hydrogens is 405 g/mol. The summed E-state index contributed by atoms with van der Waals surface area (Å²) in [5, 5.41) is 6.49. The molecule has 0 atom stereocenters. The van der Waals surface area contributed by atoms with Crippen LogP contribution in [0.15, 0.2) is 30.5 Å². The average molecular weight is 432 g/mol. The van der Waals surface area contributed by atoms with Crippen LogP contribution in [-0.2, 0) is 6.18 Å². The number of nitrogens with zero attached hydrogens (tertiary/aromatic N) is 4. The Bertz CT molecular complexity index is 1040. The lowest BCUT2D eigenvalue weighted by atomic mass is 9.95. The number of imidazole rings is 1. The Hall–Kier alpha value is -2.84. The van der Waals surface area contributed by atoms with Crippen LogP contribution in [0.3, 0.4) is 0 Å². The number of fused-ring (bicyclic) bond motifs is 1. The van der Waals surface area contributed by atoms with Gasteiger partial charge in [-0.1, -0.05) is 19.3 Å². The number of rotatable bonds is 4. The third-order valence-electron chi connectivity index (χ3n) is 5.33. The van der Waals surface area contributed by atoms with Gasteiger partial charge >= 0.3 is 6.18 Å². The Labute approximate surface area is 179 Å². The molecule has 0 bridgehead atoms. The molecule has 3 aromatic rings. The molecule has 6 nitrogen and oxygen atoms in total. The quantitative estimate of drug-likeness (QED) is 0.506. The molecule has 2 heterocycles. The lowest BCUT2D eigenvalue weighted by Gasteiger charge is -2.25. The van der Waals surface area contributed by atoms with E-state index in [9.17, 15) is 13.2 Å². The first-order chi connectivity index (χ1) is 14.6.